The van der Waals surface area contributed by atoms with Gasteiger partial charge in [0.05, 0.1) is 0 Å². The highest BCUT2D eigenvalue weighted by Gasteiger charge is 2.44. The molecule has 0 spiro atoms. The SMILES string of the molecule is Cc1nnc(C2(CN)CCC2)n1C1CC1. The molecular formula is C11H18N4. The number of hydrogen-bond acceptors (Lipinski definition) is 3. The minimum Gasteiger partial charge on any atom is -0.329 e. The van der Waals surface area contributed by atoms with E-state index in [0.717, 1.165) is 18.2 Å². The molecule has 2 N–H and O–H groups in total. The summed E-state index contributed by atoms with van der Waals surface area (Å²) in [5.74, 6) is 2.23. The molecule has 2 aliphatic rings. The summed E-state index contributed by atoms with van der Waals surface area (Å²) in [7, 11) is 0. The molecule has 0 atom stereocenters. The Hall–Kier alpha value is -0.900. The fourth-order valence-corrected chi connectivity index (χ4v) is 2.62. The van der Waals surface area contributed by atoms with E-state index in [9.17, 15) is 0 Å². The van der Waals surface area contributed by atoms with Gasteiger partial charge in [-0.2, -0.15) is 0 Å². The number of nitrogens with zero attached hydrogens (tertiary/aromatic N) is 3. The molecular weight excluding hydrogens is 188 g/mol. The number of nitrogens with two attached hydrogens (primary N) is 1. The highest BCUT2D eigenvalue weighted by Crippen LogP contribution is 2.46. The predicted octanol–water partition coefficient (Wildman–Crippen LogP) is 1.30. The van der Waals surface area contributed by atoms with Crippen LogP contribution < -0.4 is 5.73 Å². The molecule has 15 heavy (non-hydrogen) atoms. The van der Waals surface area contributed by atoms with Crippen LogP contribution in [-0.4, -0.2) is 21.3 Å². The van der Waals surface area contributed by atoms with Crippen molar-refractivity contribution in [2.75, 3.05) is 6.54 Å². The second-order valence-corrected chi connectivity index (χ2v) is 5.01. The second-order valence-electron chi connectivity index (χ2n) is 5.01. The molecule has 0 radical (unpaired) electrons. The van der Waals surface area contributed by atoms with Crippen molar-refractivity contribution < 1.29 is 0 Å². The van der Waals surface area contributed by atoms with Crippen LogP contribution in [0.4, 0.5) is 0 Å². The molecule has 3 rings (SSSR count). The molecule has 4 heteroatoms. The van der Waals surface area contributed by atoms with Crippen LogP contribution in [0.5, 0.6) is 0 Å². The third-order valence-corrected chi connectivity index (χ3v) is 3.95. The van der Waals surface area contributed by atoms with Crippen LogP contribution in [0, 0.1) is 6.92 Å². The zero-order valence-electron chi connectivity index (χ0n) is 9.24. The van der Waals surface area contributed by atoms with Crippen LogP contribution in [0.2, 0.25) is 0 Å². The van der Waals surface area contributed by atoms with Crippen molar-refractivity contribution in [2.24, 2.45) is 5.73 Å². The number of hydrogen-bond donors (Lipinski definition) is 1. The summed E-state index contributed by atoms with van der Waals surface area (Å²) in [5, 5.41) is 8.61. The lowest BCUT2D eigenvalue weighted by molar-refractivity contribution is 0.229. The minimum atomic E-state index is 0.157. The monoisotopic (exact) mass is 206 g/mol. The van der Waals surface area contributed by atoms with E-state index in [1.165, 1.54) is 32.1 Å². The highest BCUT2D eigenvalue weighted by molar-refractivity contribution is 5.18. The van der Waals surface area contributed by atoms with E-state index in [1.807, 2.05) is 0 Å². The maximum absolute atomic E-state index is 5.92. The summed E-state index contributed by atoms with van der Waals surface area (Å²) in [6, 6.07) is 0.666. The Morgan fingerprint density at radius 2 is 2.13 bits per heavy atom. The van der Waals surface area contributed by atoms with Gasteiger partial charge in [0.15, 0.2) is 0 Å². The first kappa shape index (κ1) is 9.33. The molecule has 0 amide bonds. The first-order valence-corrected chi connectivity index (χ1v) is 5.89. The molecule has 1 heterocycles. The van der Waals surface area contributed by atoms with Crippen molar-refractivity contribution >= 4 is 0 Å². The van der Waals surface area contributed by atoms with Gasteiger partial charge in [-0.05, 0) is 32.6 Å². The van der Waals surface area contributed by atoms with Gasteiger partial charge in [0.1, 0.15) is 11.6 Å². The Labute approximate surface area is 89.9 Å². The molecule has 1 aromatic heterocycles. The maximum Gasteiger partial charge on any atom is 0.140 e. The molecule has 82 valence electrons. The largest absolute Gasteiger partial charge is 0.329 e. The van der Waals surface area contributed by atoms with E-state index in [2.05, 4.69) is 21.7 Å². The molecule has 2 fully saturated rings. The van der Waals surface area contributed by atoms with E-state index < -0.39 is 0 Å². The highest BCUT2D eigenvalue weighted by atomic mass is 15.3. The Morgan fingerprint density at radius 3 is 2.60 bits per heavy atom. The zero-order valence-corrected chi connectivity index (χ0v) is 9.24. The van der Waals surface area contributed by atoms with E-state index in [-0.39, 0.29) is 5.41 Å². The van der Waals surface area contributed by atoms with Gasteiger partial charge in [0.25, 0.3) is 0 Å². The Balaban J connectivity index is 2.03. The van der Waals surface area contributed by atoms with E-state index >= 15 is 0 Å². The first-order valence-electron chi connectivity index (χ1n) is 5.89. The quantitative estimate of drug-likeness (QED) is 0.811. The normalized spacial score (nSPS) is 23.9. The van der Waals surface area contributed by atoms with Crippen molar-refractivity contribution in [1.29, 1.82) is 0 Å². The van der Waals surface area contributed by atoms with Crippen molar-refractivity contribution in [2.45, 2.75) is 50.5 Å². The van der Waals surface area contributed by atoms with Crippen LogP contribution in [0.3, 0.4) is 0 Å². The second kappa shape index (κ2) is 3.04. The van der Waals surface area contributed by atoms with Gasteiger partial charge in [-0.3, -0.25) is 0 Å². The molecule has 0 aromatic carbocycles. The van der Waals surface area contributed by atoms with Crippen molar-refractivity contribution in [1.82, 2.24) is 14.8 Å². The Kier molecular flexibility index (Phi) is 1.89. The molecule has 2 aliphatic carbocycles. The summed E-state index contributed by atoms with van der Waals surface area (Å²) in [5.41, 5.74) is 6.08. The first-order chi connectivity index (χ1) is 7.27. The summed E-state index contributed by atoms with van der Waals surface area (Å²) < 4.78 is 2.34. The number of rotatable bonds is 3. The standard InChI is InChI=1S/C11H18N4/c1-8-13-14-10(15(8)9-3-4-9)11(7-12)5-2-6-11/h9H,2-7,12H2,1H3. The van der Waals surface area contributed by atoms with Crippen LogP contribution >= 0.6 is 0 Å². The third kappa shape index (κ3) is 1.24. The van der Waals surface area contributed by atoms with Crippen LogP contribution in [0.25, 0.3) is 0 Å². The van der Waals surface area contributed by atoms with Crippen LogP contribution in [-0.2, 0) is 5.41 Å². The van der Waals surface area contributed by atoms with E-state index in [4.69, 9.17) is 5.73 Å². The zero-order chi connectivity index (χ0) is 10.5. The van der Waals surface area contributed by atoms with Gasteiger partial charge in [-0.15, -0.1) is 10.2 Å². The van der Waals surface area contributed by atoms with Gasteiger partial charge in [-0.1, -0.05) is 6.42 Å². The summed E-state index contributed by atoms with van der Waals surface area (Å²) in [6.07, 6.45) is 6.23. The smallest absolute Gasteiger partial charge is 0.140 e. The Bertz CT molecular complexity index is 368. The summed E-state index contributed by atoms with van der Waals surface area (Å²) in [6.45, 7) is 2.77. The molecule has 1 aromatic rings. The average Bonchev–Trinajstić information content (AvgIpc) is 2.92. The van der Waals surface area contributed by atoms with Gasteiger partial charge < -0.3 is 10.3 Å². The lowest BCUT2D eigenvalue weighted by atomic mass is 9.68. The molecule has 0 bridgehead atoms. The van der Waals surface area contributed by atoms with Crippen molar-refractivity contribution in [3.8, 4) is 0 Å². The van der Waals surface area contributed by atoms with Gasteiger partial charge in [0.2, 0.25) is 0 Å². The van der Waals surface area contributed by atoms with E-state index in [0.29, 0.717) is 6.04 Å². The Morgan fingerprint density at radius 1 is 1.40 bits per heavy atom. The lowest BCUT2D eigenvalue weighted by Gasteiger charge is -2.40. The minimum absolute atomic E-state index is 0.157. The summed E-state index contributed by atoms with van der Waals surface area (Å²) in [4.78, 5) is 0. The summed E-state index contributed by atoms with van der Waals surface area (Å²) >= 11 is 0. The maximum atomic E-state index is 5.92. The predicted molar refractivity (Wildman–Crippen MR) is 57.6 cm³/mol. The van der Waals surface area contributed by atoms with Crippen molar-refractivity contribution in [3.05, 3.63) is 11.6 Å². The molecule has 0 aliphatic heterocycles. The average molecular weight is 206 g/mol. The topological polar surface area (TPSA) is 56.7 Å². The van der Waals surface area contributed by atoms with E-state index in [1.54, 1.807) is 0 Å². The molecule has 0 unspecified atom stereocenters. The third-order valence-electron chi connectivity index (χ3n) is 3.95. The number of aromatic nitrogens is 3. The van der Waals surface area contributed by atoms with Gasteiger partial charge >= 0.3 is 0 Å². The fourth-order valence-electron chi connectivity index (χ4n) is 2.62. The lowest BCUT2D eigenvalue weighted by Crippen LogP contribution is -2.43. The molecule has 0 saturated heterocycles. The van der Waals surface area contributed by atoms with Crippen LogP contribution in [0.15, 0.2) is 0 Å². The molecule has 4 nitrogen and oxygen atoms in total. The number of aryl methyl sites for hydroxylation is 1. The van der Waals surface area contributed by atoms with Crippen molar-refractivity contribution in [3.63, 3.8) is 0 Å². The van der Waals surface area contributed by atoms with Gasteiger partial charge in [-0.25, -0.2) is 0 Å². The molecule has 2 saturated carbocycles. The fraction of sp³-hybridized carbons (Fsp3) is 0.818. The van der Waals surface area contributed by atoms with Gasteiger partial charge in [0, 0.05) is 18.0 Å². The van der Waals surface area contributed by atoms with Crippen LogP contribution in [0.1, 0.15) is 49.8 Å².